The number of nitrogens with one attached hydrogen (secondary N) is 1. The molecule has 19 heavy (non-hydrogen) atoms. The fourth-order valence-corrected chi connectivity index (χ4v) is 1.99. The Bertz CT molecular complexity index is 537. The summed E-state index contributed by atoms with van der Waals surface area (Å²) in [6.07, 6.45) is 0. The van der Waals surface area contributed by atoms with Crippen molar-refractivity contribution >= 4 is 21.6 Å². The predicted octanol–water partition coefficient (Wildman–Crippen LogP) is 4.56. The minimum atomic E-state index is 0.648. The Morgan fingerprint density at radius 2 is 1.79 bits per heavy atom. The molecule has 1 N–H and O–H groups in total. The van der Waals surface area contributed by atoms with Gasteiger partial charge in [0, 0.05) is 16.7 Å². The number of halogens is 1. The third kappa shape index (κ3) is 4.28. The maximum absolute atomic E-state index is 5.70. The average molecular weight is 320 g/mol. The highest BCUT2D eigenvalue weighted by Crippen LogP contribution is 2.21. The van der Waals surface area contributed by atoms with E-state index in [1.807, 2.05) is 18.2 Å². The third-order valence-electron chi connectivity index (χ3n) is 2.88. The zero-order valence-electron chi connectivity index (χ0n) is 11.2. The van der Waals surface area contributed by atoms with Crippen molar-refractivity contribution in [2.45, 2.75) is 13.8 Å². The van der Waals surface area contributed by atoms with Gasteiger partial charge in [-0.05, 0) is 49.7 Å². The maximum Gasteiger partial charge on any atom is 0.119 e. The van der Waals surface area contributed by atoms with Crippen molar-refractivity contribution in [1.29, 1.82) is 0 Å². The molecule has 0 radical (unpaired) electrons. The second-order valence-electron chi connectivity index (χ2n) is 4.55. The number of hydrogen-bond acceptors (Lipinski definition) is 2. The number of rotatable bonds is 5. The van der Waals surface area contributed by atoms with Crippen LogP contribution in [0.3, 0.4) is 0 Å². The lowest BCUT2D eigenvalue weighted by Crippen LogP contribution is -2.11. The van der Waals surface area contributed by atoms with Crippen LogP contribution >= 0.6 is 15.9 Å². The van der Waals surface area contributed by atoms with Gasteiger partial charge in [-0.2, -0.15) is 0 Å². The minimum absolute atomic E-state index is 0.648. The van der Waals surface area contributed by atoms with Crippen LogP contribution in [0.1, 0.15) is 11.1 Å². The van der Waals surface area contributed by atoms with Crippen LogP contribution in [0.25, 0.3) is 0 Å². The van der Waals surface area contributed by atoms with Gasteiger partial charge in [0.05, 0.1) is 0 Å². The molecule has 3 heteroatoms. The van der Waals surface area contributed by atoms with Gasteiger partial charge < -0.3 is 10.1 Å². The molecule has 0 saturated carbocycles. The van der Waals surface area contributed by atoms with Crippen molar-refractivity contribution < 1.29 is 4.74 Å². The maximum atomic E-state index is 5.70. The molecule has 0 aliphatic carbocycles. The highest BCUT2D eigenvalue weighted by molar-refractivity contribution is 9.10. The molecule has 0 amide bonds. The highest BCUT2D eigenvalue weighted by Gasteiger charge is 1.98. The van der Waals surface area contributed by atoms with Crippen molar-refractivity contribution in [2.24, 2.45) is 0 Å². The summed E-state index contributed by atoms with van der Waals surface area (Å²) in [7, 11) is 0. The standard InChI is InChI=1S/C16H18BrNO/c1-12-3-5-14(6-4-12)18-9-10-19-15-7-8-16(17)13(2)11-15/h3-8,11,18H,9-10H2,1-2H3. The first-order chi connectivity index (χ1) is 9.15. The summed E-state index contributed by atoms with van der Waals surface area (Å²) in [5.74, 6) is 0.909. The van der Waals surface area contributed by atoms with Gasteiger partial charge in [-0.25, -0.2) is 0 Å². The molecule has 2 nitrogen and oxygen atoms in total. The van der Waals surface area contributed by atoms with Crippen molar-refractivity contribution in [3.63, 3.8) is 0 Å². The lowest BCUT2D eigenvalue weighted by molar-refractivity contribution is 0.332. The lowest BCUT2D eigenvalue weighted by Gasteiger charge is -2.10. The molecular formula is C16H18BrNO. The topological polar surface area (TPSA) is 21.3 Å². The first-order valence-electron chi connectivity index (χ1n) is 6.34. The summed E-state index contributed by atoms with van der Waals surface area (Å²) in [6, 6.07) is 14.4. The summed E-state index contributed by atoms with van der Waals surface area (Å²) >= 11 is 3.48. The predicted molar refractivity (Wildman–Crippen MR) is 84.0 cm³/mol. The smallest absolute Gasteiger partial charge is 0.119 e. The number of ether oxygens (including phenoxy) is 1. The lowest BCUT2D eigenvalue weighted by atomic mass is 10.2. The monoisotopic (exact) mass is 319 g/mol. The molecule has 0 aliphatic heterocycles. The number of anilines is 1. The molecule has 0 aromatic heterocycles. The van der Waals surface area contributed by atoms with Crippen molar-refractivity contribution in [2.75, 3.05) is 18.5 Å². The Hall–Kier alpha value is -1.48. The third-order valence-corrected chi connectivity index (χ3v) is 3.77. The van der Waals surface area contributed by atoms with Crippen molar-refractivity contribution in [3.05, 3.63) is 58.1 Å². The Morgan fingerprint density at radius 3 is 2.47 bits per heavy atom. The second kappa shape index (κ2) is 6.62. The van der Waals surface area contributed by atoms with E-state index in [0.717, 1.165) is 22.5 Å². The molecule has 0 heterocycles. The molecule has 0 spiro atoms. The highest BCUT2D eigenvalue weighted by atomic mass is 79.9. The van der Waals surface area contributed by atoms with Crippen LogP contribution in [0.4, 0.5) is 5.69 Å². The number of aryl methyl sites for hydroxylation is 2. The van der Waals surface area contributed by atoms with Gasteiger partial charge in [-0.1, -0.05) is 33.6 Å². The zero-order chi connectivity index (χ0) is 13.7. The molecule has 0 aliphatic rings. The summed E-state index contributed by atoms with van der Waals surface area (Å²) in [6.45, 7) is 5.58. The van der Waals surface area contributed by atoms with Crippen LogP contribution in [0, 0.1) is 13.8 Å². The summed E-state index contributed by atoms with van der Waals surface area (Å²) < 4.78 is 6.81. The fourth-order valence-electron chi connectivity index (χ4n) is 1.74. The molecule has 2 aromatic carbocycles. The molecular weight excluding hydrogens is 302 g/mol. The number of hydrogen-bond donors (Lipinski definition) is 1. The molecule has 2 aromatic rings. The Balaban J connectivity index is 1.77. The van der Waals surface area contributed by atoms with Crippen LogP contribution in [0.5, 0.6) is 5.75 Å². The largest absolute Gasteiger partial charge is 0.492 e. The Kier molecular flexibility index (Phi) is 4.86. The van der Waals surface area contributed by atoms with Crippen LogP contribution in [-0.2, 0) is 0 Å². The van der Waals surface area contributed by atoms with E-state index in [0.29, 0.717) is 6.61 Å². The molecule has 0 saturated heterocycles. The first kappa shape index (κ1) is 13.9. The molecule has 100 valence electrons. The Morgan fingerprint density at radius 1 is 1.05 bits per heavy atom. The van der Waals surface area contributed by atoms with Gasteiger partial charge in [-0.15, -0.1) is 0 Å². The summed E-state index contributed by atoms with van der Waals surface area (Å²) in [4.78, 5) is 0. The normalized spacial score (nSPS) is 10.3. The average Bonchev–Trinajstić information content (AvgIpc) is 2.41. The zero-order valence-corrected chi connectivity index (χ0v) is 12.8. The van der Waals surface area contributed by atoms with Crippen molar-refractivity contribution in [1.82, 2.24) is 0 Å². The SMILES string of the molecule is Cc1ccc(NCCOc2ccc(Br)c(C)c2)cc1. The van der Waals surface area contributed by atoms with E-state index < -0.39 is 0 Å². The van der Waals surface area contributed by atoms with Crippen LogP contribution in [-0.4, -0.2) is 13.2 Å². The van der Waals surface area contributed by atoms with E-state index in [1.54, 1.807) is 0 Å². The first-order valence-corrected chi connectivity index (χ1v) is 7.14. The van der Waals surface area contributed by atoms with Crippen LogP contribution < -0.4 is 10.1 Å². The summed E-state index contributed by atoms with van der Waals surface area (Å²) in [5, 5.41) is 3.33. The van der Waals surface area contributed by atoms with E-state index in [4.69, 9.17) is 4.74 Å². The number of benzene rings is 2. The van der Waals surface area contributed by atoms with E-state index in [9.17, 15) is 0 Å². The molecule has 2 rings (SSSR count). The second-order valence-corrected chi connectivity index (χ2v) is 5.41. The fraction of sp³-hybridized carbons (Fsp3) is 0.250. The Labute approximate surface area is 122 Å². The van der Waals surface area contributed by atoms with Gasteiger partial charge in [0.2, 0.25) is 0 Å². The van der Waals surface area contributed by atoms with Gasteiger partial charge in [0.25, 0.3) is 0 Å². The summed E-state index contributed by atoms with van der Waals surface area (Å²) in [5.41, 5.74) is 3.58. The van der Waals surface area contributed by atoms with E-state index in [-0.39, 0.29) is 0 Å². The van der Waals surface area contributed by atoms with Crippen molar-refractivity contribution in [3.8, 4) is 5.75 Å². The van der Waals surface area contributed by atoms with Gasteiger partial charge in [0.1, 0.15) is 12.4 Å². The van der Waals surface area contributed by atoms with Gasteiger partial charge in [0.15, 0.2) is 0 Å². The van der Waals surface area contributed by atoms with Gasteiger partial charge in [-0.3, -0.25) is 0 Å². The molecule has 0 unspecified atom stereocenters. The van der Waals surface area contributed by atoms with Crippen LogP contribution in [0.15, 0.2) is 46.9 Å². The quantitative estimate of drug-likeness (QED) is 0.816. The minimum Gasteiger partial charge on any atom is -0.492 e. The van der Waals surface area contributed by atoms with E-state index >= 15 is 0 Å². The van der Waals surface area contributed by atoms with E-state index in [1.165, 1.54) is 11.1 Å². The molecule has 0 atom stereocenters. The molecule has 0 fully saturated rings. The van der Waals surface area contributed by atoms with Gasteiger partial charge >= 0.3 is 0 Å². The van der Waals surface area contributed by atoms with Crippen LogP contribution in [0.2, 0.25) is 0 Å². The van der Waals surface area contributed by atoms with E-state index in [2.05, 4.69) is 59.4 Å². The molecule has 0 bridgehead atoms.